The monoisotopic (exact) mass is 438 g/mol. The Kier molecular flexibility index (Phi) is 7.51. The summed E-state index contributed by atoms with van der Waals surface area (Å²) in [6.45, 7) is 0. The number of phenols is 1. The molecule has 0 aliphatic carbocycles. The molecule has 160 valence electrons. The normalized spacial score (nSPS) is 10.8. The molecule has 3 aromatic rings. The van der Waals surface area contributed by atoms with Crippen LogP contribution in [0.5, 0.6) is 17.2 Å². The first-order valence-corrected chi connectivity index (χ1v) is 9.96. The molecule has 3 aromatic carbocycles. The quantitative estimate of drug-likeness (QED) is 0.405. The lowest BCUT2D eigenvalue weighted by atomic mass is 10.0. The van der Waals surface area contributed by atoms with Crippen LogP contribution in [0, 0.1) is 0 Å². The molecule has 0 saturated heterocycles. The van der Waals surface area contributed by atoms with E-state index < -0.39 is 0 Å². The van der Waals surface area contributed by atoms with Crippen molar-refractivity contribution in [3.05, 3.63) is 87.9 Å². The Bertz CT molecular complexity index is 1100. The Morgan fingerprint density at radius 3 is 2.52 bits per heavy atom. The molecule has 0 heterocycles. The van der Waals surface area contributed by atoms with E-state index in [1.54, 1.807) is 38.5 Å². The molecule has 0 unspecified atom stereocenters. The van der Waals surface area contributed by atoms with E-state index in [0.29, 0.717) is 28.5 Å². The second-order valence-electron chi connectivity index (χ2n) is 6.82. The summed E-state index contributed by atoms with van der Waals surface area (Å²) in [5, 5.41) is 14.8. The third kappa shape index (κ3) is 5.99. The predicted octanol–water partition coefficient (Wildman–Crippen LogP) is 4.35. The Hall–Kier alpha value is -3.51. The molecule has 0 radical (unpaired) electrons. The molecule has 0 saturated carbocycles. The molecular formula is C24H23ClN2O4. The van der Waals surface area contributed by atoms with Gasteiger partial charge in [0.2, 0.25) is 5.91 Å². The van der Waals surface area contributed by atoms with E-state index in [1.165, 1.54) is 6.21 Å². The average molecular weight is 439 g/mol. The molecule has 0 atom stereocenters. The minimum Gasteiger partial charge on any atom is -0.507 e. The summed E-state index contributed by atoms with van der Waals surface area (Å²) in [4.78, 5) is 12.2. The summed E-state index contributed by atoms with van der Waals surface area (Å²) in [5.74, 6) is 0.921. The van der Waals surface area contributed by atoms with Crippen molar-refractivity contribution in [1.29, 1.82) is 0 Å². The van der Waals surface area contributed by atoms with Gasteiger partial charge < -0.3 is 14.6 Å². The van der Waals surface area contributed by atoms with E-state index in [-0.39, 0.29) is 18.1 Å². The molecular weight excluding hydrogens is 416 g/mol. The summed E-state index contributed by atoms with van der Waals surface area (Å²) in [7, 11) is 3.09. The molecule has 0 aliphatic rings. The van der Waals surface area contributed by atoms with Crippen LogP contribution in [0.4, 0.5) is 0 Å². The van der Waals surface area contributed by atoms with Crippen LogP contribution in [0.15, 0.2) is 65.8 Å². The zero-order valence-corrected chi connectivity index (χ0v) is 18.0. The number of nitrogens with zero attached hydrogens (tertiary/aromatic N) is 1. The topological polar surface area (TPSA) is 80.2 Å². The fraction of sp³-hybridized carbons (Fsp3) is 0.167. The van der Waals surface area contributed by atoms with Gasteiger partial charge in [0.25, 0.3) is 0 Å². The van der Waals surface area contributed by atoms with Crippen LogP contribution < -0.4 is 14.9 Å². The number of aromatic hydroxyl groups is 1. The summed E-state index contributed by atoms with van der Waals surface area (Å²) >= 11 is 6.23. The van der Waals surface area contributed by atoms with E-state index in [2.05, 4.69) is 10.5 Å². The molecule has 2 N–H and O–H groups in total. The van der Waals surface area contributed by atoms with Gasteiger partial charge in [-0.05, 0) is 53.4 Å². The van der Waals surface area contributed by atoms with Gasteiger partial charge in [0.1, 0.15) is 5.75 Å². The molecule has 0 bridgehead atoms. The number of phenolic OH excluding ortho intramolecular Hbond substituents is 1. The van der Waals surface area contributed by atoms with Crippen molar-refractivity contribution in [2.75, 3.05) is 14.2 Å². The first-order chi connectivity index (χ1) is 15.0. The number of halogens is 1. The Morgan fingerprint density at radius 2 is 1.77 bits per heavy atom. The van der Waals surface area contributed by atoms with Crippen LogP contribution in [-0.2, 0) is 17.6 Å². The van der Waals surface area contributed by atoms with E-state index in [0.717, 1.165) is 16.7 Å². The fourth-order valence-corrected chi connectivity index (χ4v) is 3.27. The van der Waals surface area contributed by atoms with Gasteiger partial charge in [0.05, 0.1) is 26.9 Å². The highest BCUT2D eigenvalue weighted by Crippen LogP contribution is 2.27. The second-order valence-corrected chi connectivity index (χ2v) is 7.23. The number of benzene rings is 3. The lowest BCUT2D eigenvalue weighted by molar-refractivity contribution is -0.120. The fourth-order valence-electron chi connectivity index (χ4n) is 3.07. The number of carbonyl (C=O) groups excluding carboxylic acids is 1. The minimum atomic E-state index is -0.296. The van der Waals surface area contributed by atoms with Crippen LogP contribution in [0.3, 0.4) is 0 Å². The zero-order chi connectivity index (χ0) is 22.2. The van der Waals surface area contributed by atoms with E-state index in [9.17, 15) is 9.90 Å². The van der Waals surface area contributed by atoms with Crippen molar-refractivity contribution in [2.24, 2.45) is 5.10 Å². The summed E-state index contributed by atoms with van der Waals surface area (Å²) in [6, 6.07) is 18.1. The van der Waals surface area contributed by atoms with E-state index in [4.69, 9.17) is 21.1 Å². The van der Waals surface area contributed by atoms with Crippen LogP contribution >= 0.6 is 11.6 Å². The predicted molar refractivity (Wildman–Crippen MR) is 121 cm³/mol. The van der Waals surface area contributed by atoms with Gasteiger partial charge >= 0.3 is 0 Å². The van der Waals surface area contributed by atoms with E-state index in [1.807, 2.05) is 36.4 Å². The summed E-state index contributed by atoms with van der Waals surface area (Å²) < 4.78 is 10.4. The van der Waals surface area contributed by atoms with Gasteiger partial charge in [0, 0.05) is 10.6 Å². The van der Waals surface area contributed by atoms with Crippen LogP contribution in [0.1, 0.15) is 22.3 Å². The number of ether oxygens (including phenoxy) is 2. The SMILES string of the molecule is COc1ccc(CC(=O)N/N=C/c2cc(Cc3ccccc3Cl)ccc2O)cc1OC. The van der Waals surface area contributed by atoms with Crippen molar-refractivity contribution >= 4 is 23.7 Å². The first-order valence-electron chi connectivity index (χ1n) is 9.58. The van der Waals surface area contributed by atoms with Crippen LogP contribution in [0.25, 0.3) is 0 Å². The lowest BCUT2D eigenvalue weighted by Crippen LogP contribution is -2.19. The zero-order valence-electron chi connectivity index (χ0n) is 17.3. The smallest absolute Gasteiger partial charge is 0.244 e. The summed E-state index contributed by atoms with van der Waals surface area (Å²) in [5.41, 5.74) is 5.68. The molecule has 7 heteroatoms. The Morgan fingerprint density at radius 1 is 1.03 bits per heavy atom. The Labute approximate surface area is 186 Å². The number of hydrazone groups is 1. The number of hydrogen-bond acceptors (Lipinski definition) is 5. The number of carbonyl (C=O) groups is 1. The van der Waals surface area contributed by atoms with Crippen LogP contribution in [-0.4, -0.2) is 31.4 Å². The van der Waals surface area contributed by atoms with Gasteiger partial charge in [0.15, 0.2) is 11.5 Å². The highest BCUT2D eigenvalue weighted by Gasteiger charge is 2.08. The molecule has 0 fully saturated rings. The van der Waals surface area contributed by atoms with E-state index >= 15 is 0 Å². The molecule has 0 spiro atoms. The third-order valence-corrected chi connectivity index (χ3v) is 5.02. The molecule has 1 amide bonds. The van der Waals surface area contributed by atoms with Crippen molar-refractivity contribution in [2.45, 2.75) is 12.8 Å². The van der Waals surface area contributed by atoms with Gasteiger partial charge in [-0.1, -0.05) is 41.9 Å². The van der Waals surface area contributed by atoms with Crippen molar-refractivity contribution in [3.63, 3.8) is 0 Å². The largest absolute Gasteiger partial charge is 0.507 e. The minimum absolute atomic E-state index is 0.0702. The number of nitrogens with one attached hydrogen (secondary N) is 1. The van der Waals surface area contributed by atoms with Gasteiger partial charge in [-0.3, -0.25) is 4.79 Å². The molecule has 6 nitrogen and oxygen atoms in total. The van der Waals surface area contributed by atoms with Crippen molar-refractivity contribution in [1.82, 2.24) is 5.43 Å². The van der Waals surface area contributed by atoms with Crippen molar-refractivity contribution in [3.8, 4) is 17.2 Å². The number of rotatable bonds is 8. The third-order valence-electron chi connectivity index (χ3n) is 4.65. The van der Waals surface area contributed by atoms with Gasteiger partial charge in [-0.15, -0.1) is 0 Å². The number of hydrogen-bond donors (Lipinski definition) is 2. The number of amides is 1. The van der Waals surface area contributed by atoms with Gasteiger partial charge in [-0.2, -0.15) is 5.10 Å². The van der Waals surface area contributed by atoms with Crippen molar-refractivity contribution < 1.29 is 19.4 Å². The molecule has 31 heavy (non-hydrogen) atoms. The standard InChI is InChI=1S/C24H23ClN2O4/c1-30-22-10-8-17(13-23(22)31-2)14-24(29)27-26-15-19-12-16(7-9-21(19)28)11-18-5-3-4-6-20(18)25/h3-10,12-13,15,28H,11,14H2,1-2H3,(H,27,29)/b26-15+. The second kappa shape index (κ2) is 10.5. The maximum atomic E-state index is 12.2. The molecule has 0 aliphatic heterocycles. The Balaban J connectivity index is 1.64. The molecule has 3 rings (SSSR count). The maximum absolute atomic E-state index is 12.2. The number of methoxy groups -OCH3 is 2. The molecule has 0 aromatic heterocycles. The lowest BCUT2D eigenvalue weighted by Gasteiger charge is -2.09. The summed E-state index contributed by atoms with van der Waals surface area (Å²) in [6.07, 6.45) is 2.15. The highest BCUT2D eigenvalue weighted by molar-refractivity contribution is 6.31. The first kappa shape index (κ1) is 22.2. The van der Waals surface area contributed by atoms with Crippen LogP contribution in [0.2, 0.25) is 5.02 Å². The van der Waals surface area contributed by atoms with Gasteiger partial charge in [-0.25, -0.2) is 5.43 Å². The average Bonchev–Trinajstić information content (AvgIpc) is 2.77. The highest BCUT2D eigenvalue weighted by atomic mass is 35.5. The maximum Gasteiger partial charge on any atom is 0.244 e.